The van der Waals surface area contributed by atoms with Gasteiger partial charge in [-0.05, 0) is 12.8 Å². The molecule has 2 saturated heterocycles. The molecule has 24 heavy (non-hydrogen) atoms. The van der Waals surface area contributed by atoms with Crippen LogP contribution in [0.25, 0.3) is 10.7 Å². The number of hydrogen-bond acceptors (Lipinski definition) is 6. The third-order valence-corrected chi connectivity index (χ3v) is 5.82. The molecule has 0 bridgehead atoms. The molecular weight excluding hydrogens is 324 g/mol. The highest BCUT2D eigenvalue weighted by molar-refractivity contribution is 7.13. The van der Waals surface area contributed by atoms with E-state index in [0.717, 1.165) is 62.0 Å². The summed E-state index contributed by atoms with van der Waals surface area (Å²) in [6.45, 7) is 3.18. The van der Waals surface area contributed by atoms with Crippen molar-refractivity contribution in [1.82, 2.24) is 19.9 Å². The highest BCUT2D eigenvalue weighted by Crippen LogP contribution is 2.38. The molecule has 0 N–H and O–H groups in total. The zero-order valence-corrected chi connectivity index (χ0v) is 14.3. The van der Waals surface area contributed by atoms with E-state index in [4.69, 9.17) is 4.74 Å². The number of hydrogen-bond donors (Lipinski definition) is 0. The first kappa shape index (κ1) is 15.7. The lowest BCUT2D eigenvalue weighted by Gasteiger charge is -2.39. The summed E-state index contributed by atoms with van der Waals surface area (Å²) >= 11 is 1.57. The molecule has 1 atom stereocenters. The Balaban J connectivity index is 1.39. The largest absolute Gasteiger partial charge is 0.381 e. The van der Waals surface area contributed by atoms with Gasteiger partial charge in [-0.25, -0.2) is 4.98 Å². The van der Waals surface area contributed by atoms with Gasteiger partial charge >= 0.3 is 0 Å². The molecule has 2 fully saturated rings. The number of aromatic nitrogens is 3. The van der Waals surface area contributed by atoms with Crippen LogP contribution in [0.15, 0.2) is 24.0 Å². The fourth-order valence-electron chi connectivity index (χ4n) is 3.48. The maximum Gasteiger partial charge on any atom is 0.222 e. The SMILES string of the molecule is O=C1CC[C@]2(CCOC2)CN1CCc1csc(-c2cnccn2)n1. The van der Waals surface area contributed by atoms with E-state index >= 15 is 0 Å². The van der Waals surface area contributed by atoms with E-state index in [1.165, 1.54) is 0 Å². The molecule has 7 heteroatoms. The van der Waals surface area contributed by atoms with Gasteiger partial charge < -0.3 is 9.64 Å². The fraction of sp³-hybridized carbons (Fsp3) is 0.529. The molecule has 4 rings (SSSR count). The molecule has 0 aromatic carbocycles. The summed E-state index contributed by atoms with van der Waals surface area (Å²) in [6, 6.07) is 0. The summed E-state index contributed by atoms with van der Waals surface area (Å²) in [7, 11) is 0. The van der Waals surface area contributed by atoms with Crippen molar-refractivity contribution in [3.05, 3.63) is 29.7 Å². The number of nitrogens with zero attached hydrogens (tertiary/aromatic N) is 4. The van der Waals surface area contributed by atoms with Crippen LogP contribution < -0.4 is 0 Å². The quantitative estimate of drug-likeness (QED) is 0.850. The number of carbonyl (C=O) groups is 1. The number of thiazole rings is 1. The van der Waals surface area contributed by atoms with Crippen LogP contribution in [-0.2, 0) is 16.0 Å². The van der Waals surface area contributed by atoms with Crippen LogP contribution in [0.2, 0.25) is 0 Å². The molecule has 1 spiro atoms. The molecule has 1 amide bonds. The minimum absolute atomic E-state index is 0.195. The van der Waals surface area contributed by atoms with E-state index in [1.54, 1.807) is 29.9 Å². The van der Waals surface area contributed by atoms with Gasteiger partial charge in [0.05, 0.1) is 18.5 Å². The average molecular weight is 344 g/mol. The molecule has 0 unspecified atom stereocenters. The molecule has 126 valence electrons. The van der Waals surface area contributed by atoms with Crippen LogP contribution in [0.4, 0.5) is 0 Å². The third kappa shape index (κ3) is 3.18. The number of amides is 1. The Morgan fingerprint density at radius 3 is 3.08 bits per heavy atom. The van der Waals surface area contributed by atoms with Crippen molar-refractivity contribution in [3.8, 4) is 10.7 Å². The highest BCUT2D eigenvalue weighted by Gasteiger charge is 2.41. The first-order valence-electron chi connectivity index (χ1n) is 8.30. The van der Waals surface area contributed by atoms with Crippen LogP contribution in [0.1, 0.15) is 25.0 Å². The van der Waals surface area contributed by atoms with Crippen LogP contribution in [0, 0.1) is 5.41 Å². The van der Waals surface area contributed by atoms with Crippen LogP contribution in [0.5, 0.6) is 0 Å². The fourth-order valence-corrected chi connectivity index (χ4v) is 4.29. The summed E-state index contributed by atoms with van der Waals surface area (Å²) in [5, 5.41) is 2.93. The van der Waals surface area contributed by atoms with Crippen molar-refractivity contribution in [3.63, 3.8) is 0 Å². The van der Waals surface area contributed by atoms with E-state index in [-0.39, 0.29) is 11.3 Å². The number of rotatable bonds is 4. The minimum atomic E-state index is 0.195. The number of carbonyl (C=O) groups excluding carboxylic acids is 1. The van der Waals surface area contributed by atoms with Crippen molar-refractivity contribution in [2.24, 2.45) is 5.41 Å². The monoisotopic (exact) mass is 344 g/mol. The number of piperidine rings is 1. The smallest absolute Gasteiger partial charge is 0.222 e. The lowest BCUT2D eigenvalue weighted by molar-refractivity contribution is -0.137. The van der Waals surface area contributed by atoms with E-state index < -0.39 is 0 Å². The topological polar surface area (TPSA) is 68.2 Å². The van der Waals surface area contributed by atoms with E-state index in [9.17, 15) is 4.79 Å². The van der Waals surface area contributed by atoms with Gasteiger partial charge in [-0.15, -0.1) is 11.3 Å². The van der Waals surface area contributed by atoms with Gasteiger partial charge in [0.15, 0.2) is 0 Å². The first-order chi connectivity index (χ1) is 11.7. The van der Waals surface area contributed by atoms with E-state index in [2.05, 4.69) is 15.0 Å². The van der Waals surface area contributed by atoms with Gasteiger partial charge in [0, 0.05) is 55.7 Å². The Kier molecular flexibility index (Phi) is 4.28. The molecule has 6 nitrogen and oxygen atoms in total. The Morgan fingerprint density at radius 2 is 2.29 bits per heavy atom. The normalized spacial score (nSPS) is 24.0. The predicted molar refractivity (Wildman–Crippen MR) is 90.5 cm³/mol. The molecule has 0 saturated carbocycles. The highest BCUT2D eigenvalue weighted by atomic mass is 32.1. The van der Waals surface area contributed by atoms with Crippen molar-refractivity contribution >= 4 is 17.2 Å². The minimum Gasteiger partial charge on any atom is -0.381 e. The Morgan fingerprint density at radius 1 is 1.33 bits per heavy atom. The van der Waals surface area contributed by atoms with Gasteiger partial charge in [0.25, 0.3) is 0 Å². The number of ether oxygens (including phenoxy) is 1. The summed E-state index contributed by atoms with van der Waals surface area (Å²) in [4.78, 5) is 27.2. The summed E-state index contributed by atoms with van der Waals surface area (Å²) in [5.41, 5.74) is 2.00. The zero-order chi connectivity index (χ0) is 16.4. The second-order valence-electron chi connectivity index (χ2n) is 6.60. The van der Waals surface area contributed by atoms with Gasteiger partial charge in [-0.2, -0.15) is 0 Å². The van der Waals surface area contributed by atoms with Crippen LogP contribution >= 0.6 is 11.3 Å². The van der Waals surface area contributed by atoms with Crippen molar-refractivity contribution in [2.45, 2.75) is 25.7 Å². The van der Waals surface area contributed by atoms with E-state index in [1.807, 2.05) is 10.3 Å². The lowest BCUT2D eigenvalue weighted by atomic mass is 9.79. The molecular formula is C17H20N4O2S. The van der Waals surface area contributed by atoms with Crippen LogP contribution in [-0.4, -0.2) is 52.1 Å². The summed E-state index contributed by atoms with van der Waals surface area (Å²) in [6.07, 6.45) is 8.51. The van der Waals surface area contributed by atoms with Crippen molar-refractivity contribution in [2.75, 3.05) is 26.3 Å². The second-order valence-corrected chi connectivity index (χ2v) is 7.46. The second kappa shape index (κ2) is 6.57. The molecule has 2 aromatic heterocycles. The van der Waals surface area contributed by atoms with Crippen molar-refractivity contribution in [1.29, 1.82) is 0 Å². The summed E-state index contributed by atoms with van der Waals surface area (Å²) in [5.74, 6) is 0.261. The predicted octanol–water partition coefficient (Wildman–Crippen LogP) is 2.17. The summed E-state index contributed by atoms with van der Waals surface area (Å²) < 4.78 is 5.57. The van der Waals surface area contributed by atoms with Gasteiger partial charge in [0.2, 0.25) is 5.91 Å². The van der Waals surface area contributed by atoms with Crippen LogP contribution in [0.3, 0.4) is 0 Å². The zero-order valence-electron chi connectivity index (χ0n) is 13.5. The molecule has 2 aliphatic rings. The van der Waals surface area contributed by atoms with Crippen molar-refractivity contribution < 1.29 is 9.53 Å². The van der Waals surface area contributed by atoms with Gasteiger partial charge in [-0.3, -0.25) is 14.8 Å². The molecule has 0 radical (unpaired) electrons. The Hall–Kier alpha value is -1.86. The average Bonchev–Trinajstić information content (AvgIpc) is 3.27. The van der Waals surface area contributed by atoms with Gasteiger partial charge in [-0.1, -0.05) is 0 Å². The molecule has 0 aliphatic carbocycles. The van der Waals surface area contributed by atoms with Gasteiger partial charge in [0.1, 0.15) is 10.7 Å². The number of likely N-dealkylation sites (tertiary alicyclic amines) is 1. The standard InChI is InChI=1S/C17H20N4O2S/c22-15-1-3-17(4-8-23-12-17)11-21(15)7-2-13-10-24-16(20-13)14-9-18-5-6-19-14/h5-6,9-10H,1-4,7-8,11-12H2/t17-/m0/s1. The maximum atomic E-state index is 12.2. The lowest BCUT2D eigenvalue weighted by Crippen LogP contribution is -2.47. The third-order valence-electron chi connectivity index (χ3n) is 4.91. The Labute approximate surface area is 144 Å². The Bertz CT molecular complexity index is 712. The molecule has 2 aliphatic heterocycles. The maximum absolute atomic E-state index is 12.2. The molecule has 4 heterocycles. The molecule has 2 aromatic rings. The van der Waals surface area contributed by atoms with E-state index in [0.29, 0.717) is 6.42 Å². The first-order valence-corrected chi connectivity index (χ1v) is 9.18.